The third-order valence-electron chi connectivity index (χ3n) is 3.36. The molecular weight excluding hydrogens is 322 g/mol. The van der Waals surface area contributed by atoms with Gasteiger partial charge in [0.25, 0.3) is 0 Å². The summed E-state index contributed by atoms with van der Waals surface area (Å²) >= 11 is 3.35. The molecular formula is C15H16BrNO3. The van der Waals surface area contributed by atoms with E-state index in [1.165, 1.54) is 11.0 Å². The van der Waals surface area contributed by atoms with Crippen molar-refractivity contribution in [1.82, 2.24) is 4.90 Å². The van der Waals surface area contributed by atoms with E-state index in [-0.39, 0.29) is 5.91 Å². The number of benzene rings is 1. The highest BCUT2D eigenvalue weighted by atomic mass is 79.9. The number of rotatable bonds is 3. The number of aliphatic carboxylic acids is 1. The number of likely N-dealkylation sites (tertiary alicyclic amines) is 1. The molecule has 1 aliphatic rings. The molecule has 1 amide bonds. The molecule has 2 rings (SSSR count). The molecule has 0 spiro atoms. The van der Waals surface area contributed by atoms with Gasteiger partial charge in [0, 0.05) is 17.1 Å². The van der Waals surface area contributed by atoms with Gasteiger partial charge in [-0.2, -0.15) is 0 Å². The second kappa shape index (κ2) is 6.70. The maximum absolute atomic E-state index is 12.1. The van der Waals surface area contributed by atoms with E-state index in [4.69, 9.17) is 5.11 Å². The highest BCUT2D eigenvalue weighted by Crippen LogP contribution is 2.18. The number of hydrogen-bond acceptors (Lipinski definition) is 2. The van der Waals surface area contributed by atoms with Crippen LogP contribution in [-0.2, 0) is 9.59 Å². The molecule has 1 aromatic carbocycles. The van der Waals surface area contributed by atoms with Crippen LogP contribution in [0.3, 0.4) is 0 Å². The highest BCUT2D eigenvalue weighted by Gasteiger charge is 2.30. The molecule has 0 radical (unpaired) electrons. The number of carboxylic acid groups (broad SMARTS) is 1. The molecule has 1 aromatic rings. The Morgan fingerprint density at radius 1 is 1.25 bits per heavy atom. The Kier molecular flexibility index (Phi) is 4.95. The predicted octanol–water partition coefficient (Wildman–Crippen LogP) is 2.93. The smallest absolute Gasteiger partial charge is 0.326 e. The number of halogens is 1. The summed E-state index contributed by atoms with van der Waals surface area (Å²) in [6.07, 6.45) is 5.42. The van der Waals surface area contributed by atoms with Crippen molar-refractivity contribution in [2.24, 2.45) is 0 Å². The first-order valence-corrected chi connectivity index (χ1v) is 7.34. The molecule has 106 valence electrons. The van der Waals surface area contributed by atoms with Crippen LogP contribution < -0.4 is 0 Å². The van der Waals surface area contributed by atoms with Crippen molar-refractivity contribution in [3.05, 3.63) is 40.4 Å². The van der Waals surface area contributed by atoms with Crippen LogP contribution in [0.4, 0.5) is 0 Å². The van der Waals surface area contributed by atoms with Crippen LogP contribution in [0.25, 0.3) is 6.08 Å². The number of carbonyl (C=O) groups excluding carboxylic acids is 1. The van der Waals surface area contributed by atoms with Crippen LogP contribution in [0.1, 0.15) is 24.8 Å². The first kappa shape index (κ1) is 14.8. The van der Waals surface area contributed by atoms with Crippen LogP contribution in [0.5, 0.6) is 0 Å². The molecule has 20 heavy (non-hydrogen) atoms. The summed E-state index contributed by atoms with van der Waals surface area (Å²) in [5.41, 5.74) is 0.908. The van der Waals surface area contributed by atoms with Gasteiger partial charge in [-0.15, -0.1) is 0 Å². The fourth-order valence-electron chi connectivity index (χ4n) is 2.29. The second-order valence-electron chi connectivity index (χ2n) is 4.77. The number of carboxylic acids is 1. The molecule has 1 atom stereocenters. The molecule has 1 N–H and O–H groups in total. The fourth-order valence-corrected chi connectivity index (χ4v) is 2.55. The summed E-state index contributed by atoms with van der Waals surface area (Å²) in [5.74, 6) is -1.16. The van der Waals surface area contributed by atoms with E-state index >= 15 is 0 Å². The quantitative estimate of drug-likeness (QED) is 0.862. The molecule has 1 saturated heterocycles. The number of hydrogen-bond donors (Lipinski definition) is 1. The Hall–Kier alpha value is -1.62. The lowest BCUT2D eigenvalue weighted by atomic mass is 10.0. The summed E-state index contributed by atoms with van der Waals surface area (Å²) in [4.78, 5) is 24.7. The zero-order valence-corrected chi connectivity index (χ0v) is 12.5. The summed E-state index contributed by atoms with van der Waals surface area (Å²) < 4.78 is 0.975. The summed E-state index contributed by atoms with van der Waals surface area (Å²) in [7, 11) is 0. The minimum Gasteiger partial charge on any atom is -0.480 e. The number of carbonyl (C=O) groups is 2. The minimum atomic E-state index is -0.921. The van der Waals surface area contributed by atoms with Gasteiger partial charge in [0.1, 0.15) is 6.04 Å². The van der Waals surface area contributed by atoms with E-state index in [1.54, 1.807) is 6.08 Å². The normalized spacial score (nSPS) is 19.2. The zero-order valence-electron chi connectivity index (χ0n) is 11.0. The van der Waals surface area contributed by atoms with Crippen molar-refractivity contribution in [1.29, 1.82) is 0 Å². The molecule has 1 fully saturated rings. The van der Waals surface area contributed by atoms with E-state index in [0.29, 0.717) is 13.0 Å². The highest BCUT2D eigenvalue weighted by molar-refractivity contribution is 9.10. The lowest BCUT2D eigenvalue weighted by Gasteiger charge is -2.32. The van der Waals surface area contributed by atoms with E-state index in [0.717, 1.165) is 22.9 Å². The van der Waals surface area contributed by atoms with Crippen LogP contribution in [0, 0.1) is 0 Å². The molecule has 0 aliphatic carbocycles. The molecule has 0 saturated carbocycles. The van der Waals surface area contributed by atoms with Crippen LogP contribution in [-0.4, -0.2) is 34.5 Å². The average Bonchev–Trinajstić information content (AvgIpc) is 2.46. The van der Waals surface area contributed by atoms with E-state index in [1.807, 2.05) is 24.3 Å². The maximum atomic E-state index is 12.1. The third-order valence-corrected chi connectivity index (χ3v) is 3.89. The van der Waals surface area contributed by atoms with E-state index < -0.39 is 12.0 Å². The lowest BCUT2D eigenvalue weighted by Crippen LogP contribution is -2.47. The minimum absolute atomic E-state index is 0.236. The SMILES string of the molecule is O=C(O)C1CCCCN1C(=O)C=Cc1ccc(Br)cc1. The number of nitrogens with zero attached hydrogens (tertiary/aromatic N) is 1. The molecule has 4 nitrogen and oxygen atoms in total. The first-order valence-electron chi connectivity index (χ1n) is 6.55. The number of piperidine rings is 1. The van der Waals surface area contributed by atoms with Gasteiger partial charge in [-0.1, -0.05) is 28.1 Å². The Labute approximate surface area is 126 Å². The van der Waals surface area contributed by atoms with Crippen molar-refractivity contribution in [2.45, 2.75) is 25.3 Å². The van der Waals surface area contributed by atoms with Crippen molar-refractivity contribution in [3.8, 4) is 0 Å². The van der Waals surface area contributed by atoms with Gasteiger partial charge in [0.2, 0.25) is 5.91 Å². The molecule has 1 unspecified atom stereocenters. The fraction of sp³-hybridized carbons (Fsp3) is 0.333. The van der Waals surface area contributed by atoms with Crippen molar-refractivity contribution in [2.75, 3.05) is 6.54 Å². The Balaban J connectivity index is 2.06. The first-order chi connectivity index (χ1) is 9.58. The molecule has 1 heterocycles. The maximum Gasteiger partial charge on any atom is 0.326 e. The molecule has 1 aliphatic heterocycles. The van der Waals surface area contributed by atoms with Gasteiger partial charge in [0.05, 0.1) is 0 Å². The van der Waals surface area contributed by atoms with Crippen LogP contribution in [0.2, 0.25) is 0 Å². The summed E-state index contributed by atoms with van der Waals surface area (Å²) in [5, 5.41) is 9.15. The summed E-state index contributed by atoms with van der Waals surface area (Å²) in [6.45, 7) is 0.514. The lowest BCUT2D eigenvalue weighted by molar-refractivity contribution is -0.150. The van der Waals surface area contributed by atoms with E-state index in [2.05, 4.69) is 15.9 Å². The largest absolute Gasteiger partial charge is 0.480 e. The van der Waals surface area contributed by atoms with Gasteiger partial charge in [-0.3, -0.25) is 4.79 Å². The Morgan fingerprint density at radius 3 is 2.60 bits per heavy atom. The average molecular weight is 338 g/mol. The molecule has 0 aromatic heterocycles. The van der Waals surface area contributed by atoms with Gasteiger partial charge in [-0.05, 0) is 43.0 Å². The molecule has 0 bridgehead atoms. The number of amides is 1. The van der Waals surface area contributed by atoms with Gasteiger partial charge >= 0.3 is 5.97 Å². The van der Waals surface area contributed by atoms with Crippen molar-refractivity contribution >= 4 is 33.9 Å². The van der Waals surface area contributed by atoms with Crippen LogP contribution >= 0.6 is 15.9 Å². The summed E-state index contributed by atoms with van der Waals surface area (Å²) in [6, 6.07) is 6.87. The van der Waals surface area contributed by atoms with Gasteiger partial charge in [-0.25, -0.2) is 4.79 Å². The Morgan fingerprint density at radius 2 is 1.95 bits per heavy atom. The Bertz CT molecular complexity index is 524. The third kappa shape index (κ3) is 3.70. The second-order valence-corrected chi connectivity index (χ2v) is 5.68. The van der Waals surface area contributed by atoms with Crippen molar-refractivity contribution < 1.29 is 14.7 Å². The monoisotopic (exact) mass is 337 g/mol. The predicted molar refractivity (Wildman–Crippen MR) is 80.2 cm³/mol. The van der Waals surface area contributed by atoms with Gasteiger partial charge < -0.3 is 10.0 Å². The van der Waals surface area contributed by atoms with Crippen molar-refractivity contribution in [3.63, 3.8) is 0 Å². The van der Waals surface area contributed by atoms with Crippen LogP contribution in [0.15, 0.2) is 34.8 Å². The molecule has 5 heteroatoms. The standard InChI is InChI=1S/C15H16BrNO3/c16-12-7-4-11(5-8-12)6-9-14(18)17-10-2-1-3-13(17)15(19)20/h4-9,13H,1-3,10H2,(H,19,20). The topological polar surface area (TPSA) is 57.6 Å². The van der Waals surface area contributed by atoms with E-state index in [9.17, 15) is 9.59 Å². The zero-order chi connectivity index (χ0) is 14.5. The van der Waals surface area contributed by atoms with Gasteiger partial charge in [0.15, 0.2) is 0 Å².